The SMILES string of the molecule is CCOc1ccc(Cn2cc(NC(=S)Nc3ccn(Cc4ccccc4F)n3)cn2)cc1OCC. The third-order valence-electron chi connectivity index (χ3n) is 5.02. The zero-order valence-corrected chi connectivity index (χ0v) is 20.4. The molecule has 0 spiro atoms. The number of hydrogen-bond acceptors (Lipinski definition) is 5. The molecule has 0 atom stereocenters. The monoisotopic (exact) mass is 494 g/mol. The minimum Gasteiger partial charge on any atom is -0.490 e. The highest BCUT2D eigenvalue weighted by Gasteiger charge is 2.09. The van der Waals surface area contributed by atoms with Gasteiger partial charge in [0.1, 0.15) is 5.82 Å². The summed E-state index contributed by atoms with van der Waals surface area (Å²) >= 11 is 5.40. The van der Waals surface area contributed by atoms with Crippen molar-refractivity contribution in [3.63, 3.8) is 0 Å². The minimum absolute atomic E-state index is 0.258. The number of nitrogens with zero attached hydrogens (tertiary/aromatic N) is 4. The predicted octanol–water partition coefficient (Wildman–Crippen LogP) is 4.92. The third-order valence-corrected chi connectivity index (χ3v) is 5.22. The van der Waals surface area contributed by atoms with Gasteiger partial charge >= 0.3 is 0 Å². The van der Waals surface area contributed by atoms with Crippen molar-refractivity contribution in [1.82, 2.24) is 19.6 Å². The molecule has 2 aromatic heterocycles. The Morgan fingerprint density at radius 2 is 1.77 bits per heavy atom. The molecule has 0 saturated carbocycles. The van der Waals surface area contributed by atoms with Crippen LogP contribution in [0.1, 0.15) is 25.0 Å². The van der Waals surface area contributed by atoms with Gasteiger partial charge in [-0.1, -0.05) is 24.3 Å². The van der Waals surface area contributed by atoms with E-state index in [-0.39, 0.29) is 5.82 Å². The van der Waals surface area contributed by atoms with Gasteiger partial charge in [0.2, 0.25) is 0 Å². The Morgan fingerprint density at radius 1 is 0.971 bits per heavy atom. The average Bonchev–Trinajstić information content (AvgIpc) is 3.46. The molecule has 4 rings (SSSR count). The lowest BCUT2D eigenvalue weighted by atomic mass is 10.2. The van der Waals surface area contributed by atoms with Crippen molar-refractivity contribution >= 4 is 28.8 Å². The van der Waals surface area contributed by atoms with Gasteiger partial charge in [-0.2, -0.15) is 10.2 Å². The topological polar surface area (TPSA) is 78.2 Å². The molecule has 0 aliphatic carbocycles. The highest BCUT2D eigenvalue weighted by Crippen LogP contribution is 2.29. The molecule has 10 heteroatoms. The molecule has 2 heterocycles. The van der Waals surface area contributed by atoms with E-state index in [1.54, 1.807) is 46.0 Å². The van der Waals surface area contributed by atoms with Crippen LogP contribution >= 0.6 is 12.2 Å². The van der Waals surface area contributed by atoms with Crippen LogP contribution < -0.4 is 20.1 Å². The van der Waals surface area contributed by atoms with E-state index in [0.717, 1.165) is 22.7 Å². The lowest BCUT2D eigenvalue weighted by molar-refractivity contribution is 0.287. The van der Waals surface area contributed by atoms with Crippen molar-refractivity contribution in [3.8, 4) is 11.5 Å². The molecule has 2 aromatic carbocycles. The van der Waals surface area contributed by atoms with Gasteiger partial charge in [-0.3, -0.25) is 9.36 Å². The molecular weight excluding hydrogens is 467 g/mol. The molecule has 0 aliphatic rings. The molecule has 2 N–H and O–H groups in total. The molecule has 0 radical (unpaired) electrons. The van der Waals surface area contributed by atoms with Gasteiger partial charge in [-0.05, 0) is 49.8 Å². The van der Waals surface area contributed by atoms with E-state index in [4.69, 9.17) is 21.7 Å². The van der Waals surface area contributed by atoms with Crippen molar-refractivity contribution < 1.29 is 13.9 Å². The van der Waals surface area contributed by atoms with Crippen LogP contribution in [0.15, 0.2) is 67.1 Å². The van der Waals surface area contributed by atoms with Gasteiger partial charge in [0.25, 0.3) is 0 Å². The van der Waals surface area contributed by atoms with E-state index in [2.05, 4.69) is 20.8 Å². The Bertz CT molecular complexity index is 1290. The van der Waals surface area contributed by atoms with E-state index < -0.39 is 0 Å². The molecule has 0 fully saturated rings. The fourth-order valence-corrected chi connectivity index (χ4v) is 3.71. The minimum atomic E-state index is -0.258. The summed E-state index contributed by atoms with van der Waals surface area (Å²) in [5.74, 6) is 1.75. The van der Waals surface area contributed by atoms with Crippen LogP contribution in [0.5, 0.6) is 11.5 Å². The second-order valence-electron chi connectivity index (χ2n) is 7.64. The molecule has 8 nitrogen and oxygen atoms in total. The number of hydrogen-bond donors (Lipinski definition) is 2. The zero-order valence-electron chi connectivity index (χ0n) is 19.6. The Balaban J connectivity index is 1.33. The van der Waals surface area contributed by atoms with E-state index in [9.17, 15) is 4.39 Å². The molecule has 0 saturated heterocycles. The van der Waals surface area contributed by atoms with Gasteiger partial charge in [0, 0.05) is 24.0 Å². The summed E-state index contributed by atoms with van der Waals surface area (Å²) in [6.07, 6.45) is 5.33. The van der Waals surface area contributed by atoms with Crippen LogP contribution in [0.3, 0.4) is 0 Å². The summed E-state index contributed by atoms with van der Waals surface area (Å²) in [4.78, 5) is 0. The Hall–Kier alpha value is -3.92. The van der Waals surface area contributed by atoms with Crippen molar-refractivity contribution in [3.05, 3.63) is 84.1 Å². The molecular formula is C25H27FN6O2S. The second-order valence-corrected chi connectivity index (χ2v) is 8.05. The van der Waals surface area contributed by atoms with E-state index in [1.165, 1.54) is 6.07 Å². The van der Waals surface area contributed by atoms with Gasteiger partial charge in [0.15, 0.2) is 22.4 Å². The largest absolute Gasteiger partial charge is 0.490 e. The Labute approximate surface area is 208 Å². The highest BCUT2D eigenvalue weighted by molar-refractivity contribution is 7.80. The van der Waals surface area contributed by atoms with Crippen LogP contribution in [-0.4, -0.2) is 37.9 Å². The molecule has 0 unspecified atom stereocenters. The normalized spacial score (nSPS) is 10.7. The lowest BCUT2D eigenvalue weighted by Gasteiger charge is -2.12. The number of thiocarbonyl (C=S) groups is 1. The maximum absolute atomic E-state index is 13.9. The second kappa shape index (κ2) is 11.5. The van der Waals surface area contributed by atoms with E-state index >= 15 is 0 Å². The van der Waals surface area contributed by atoms with Crippen molar-refractivity contribution in [2.45, 2.75) is 26.9 Å². The predicted molar refractivity (Wildman–Crippen MR) is 138 cm³/mol. The summed E-state index contributed by atoms with van der Waals surface area (Å²) in [6.45, 7) is 5.92. The number of benzene rings is 2. The van der Waals surface area contributed by atoms with Gasteiger partial charge in [0.05, 0.1) is 38.2 Å². The number of rotatable bonds is 10. The fourth-order valence-electron chi connectivity index (χ4n) is 3.49. The van der Waals surface area contributed by atoms with Crippen LogP contribution in [0, 0.1) is 5.82 Å². The summed E-state index contributed by atoms with van der Waals surface area (Å²) < 4.78 is 28.7. The molecule has 35 heavy (non-hydrogen) atoms. The molecule has 0 aliphatic heterocycles. The van der Waals surface area contributed by atoms with E-state index in [0.29, 0.717) is 42.8 Å². The summed E-state index contributed by atoms with van der Waals surface area (Å²) in [6, 6.07) is 14.3. The van der Waals surface area contributed by atoms with Gasteiger partial charge in [-0.15, -0.1) is 0 Å². The number of ether oxygens (including phenoxy) is 2. The van der Waals surface area contributed by atoms with E-state index in [1.807, 2.05) is 38.2 Å². The number of halogens is 1. The number of nitrogens with one attached hydrogen (secondary N) is 2. The standard InChI is InChI=1S/C25H27FN6O2S/c1-3-33-22-10-9-18(13-23(22)34-4-2)15-32-17-20(14-27-32)28-25(35)29-24-11-12-31(30-24)16-19-7-5-6-8-21(19)26/h5-14,17H,3-4,15-16H2,1-2H3,(H2,28,29,30,35). The first-order valence-corrected chi connectivity index (χ1v) is 11.7. The smallest absolute Gasteiger partial charge is 0.176 e. The zero-order chi connectivity index (χ0) is 24.6. The quantitative estimate of drug-likeness (QED) is 0.303. The fraction of sp³-hybridized carbons (Fsp3) is 0.240. The van der Waals surface area contributed by atoms with Gasteiger partial charge in [-0.25, -0.2) is 4.39 Å². The first-order valence-electron chi connectivity index (χ1n) is 11.3. The highest BCUT2D eigenvalue weighted by atomic mass is 32.1. The molecule has 0 amide bonds. The Kier molecular flexibility index (Phi) is 7.94. The first kappa shape index (κ1) is 24.2. The number of aromatic nitrogens is 4. The summed E-state index contributed by atoms with van der Waals surface area (Å²) in [7, 11) is 0. The van der Waals surface area contributed by atoms with Crippen molar-refractivity contribution in [2.75, 3.05) is 23.8 Å². The summed E-state index contributed by atoms with van der Waals surface area (Å²) in [5.41, 5.74) is 2.34. The Morgan fingerprint density at radius 3 is 2.57 bits per heavy atom. The van der Waals surface area contributed by atoms with Gasteiger partial charge < -0.3 is 20.1 Å². The maximum atomic E-state index is 13.9. The van der Waals surface area contributed by atoms with Crippen LogP contribution in [0.2, 0.25) is 0 Å². The first-order chi connectivity index (χ1) is 17.0. The molecule has 4 aromatic rings. The van der Waals surface area contributed by atoms with Crippen LogP contribution in [0.25, 0.3) is 0 Å². The third kappa shape index (κ3) is 6.57. The average molecular weight is 495 g/mol. The molecule has 0 bridgehead atoms. The maximum Gasteiger partial charge on any atom is 0.176 e. The van der Waals surface area contributed by atoms with Crippen molar-refractivity contribution in [1.29, 1.82) is 0 Å². The number of anilines is 2. The van der Waals surface area contributed by atoms with Crippen LogP contribution in [0.4, 0.5) is 15.9 Å². The molecule has 182 valence electrons. The van der Waals surface area contributed by atoms with Crippen molar-refractivity contribution in [2.24, 2.45) is 0 Å². The summed E-state index contributed by atoms with van der Waals surface area (Å²) in [5, 5.41) is 15.3. The lowest BCUT2D eigenvalue weighted by Crippen LogP contribution is -2.19. The van der Waals surface area contributed by atoms with Crippen LogP contribution in [-0.2, 0) is 13.1 Å².